The fourth-order valence-corrected chi connectivity index (χ4v) is 2.70. The van der Waals surface area contributed by atoms with E-state index >= 15 is 0 Å². The minimum absolute atomic E-state index is 0.163. The van der Waals surface area contributed by atoms with Crippen LogP contribution in [0.15, 0.2) is 24.3 Å². The number of alkyl halides is 1. The summed E-state index contributed by atoms with van der Waals surface area (Å²) < 4.78 is 23.1. The Morgan fingerprint density at radius 2 is 1.63 bits per heavy atom. The van der Waals surface area contributed by atoms with Gasteiger partial charge in [-0.05, 0) is 31.9 Å². The maximum absolute atomic E-state index is 11.9. The van der Waals surface area contributed by atoms with Crippen molar-refractivity contribution in [1.29, 1.82) is 0 Å². The van der Waals surface area contributed by atoms with Crippen LogP contribution in [-0.4, -0.2) is 25.5 Å². The van der Waals surface area contributed by atoms with Crippen molar-refractivity contribution in [3.63, 3.8) is 0 Å². The van der Waals surface area contributed by atoms with Crippen LogP contribution in [0.25, 0.3) is 0 Å². The van der Waals surface area contributed by atoms with E-state index in [2.05, 4.69) is 5.32 Å². The summed E-state index contributed by atoms with van der Waals surface area (Å²) >= 11 is 5.72. The van der Waals surface area contributed by atoms with Crippen LogP contribution in [0.5, 0.6) is 0 Å². The average molecular weight is 304 g/mol. The number of halogens is 1. The summed E-state index contributed by atoms with van der Waals surface area (Å²) in [5.74, 6) is 0.674. The van der Waals surface area contributed by atoms with Crippen LogP contribution in [0.4, 0.5) is 0 Å². The Kier molecular flexibility index (Phi) is 5.83. The van der Waals surface area contributed by atoms with Gasteiger partial charge < -0.3 is 5.32 Å². The third-order valence-corrected chi connectivity index (χ3v) is 5.90. The Hall–Kier alpha value is -0.580. The molecule has 3 nitrogen and oxygen atoms in total. The Bertz CT molecular complexity index is 489. The Balaban J connectivity index is 2.39. The normalized spacial score (nSPS) is 12.6. The SMILES string of the molecule is CC(C)(C)S(=O)(=O)CCNCc1ccc(CCl)cc1. The lowest BCUT2D eigenvalue weighted by Gasteiger charge is -2.19. The molecule has 0 aliphatic carbocycles. The predicted octanol–water partition coefficient (Wildman–Crippen LogP) is 2.73. The summed E-state index contributed by atoms with van der Waals surface area (Å²) in [4.78, 5) is 0. The van der Waals surface area contributed by atoms with Crippen molar-refractivity contribution in [3.05, 3.63) is 35.4 Å². The molecule has 0 saturated heterocycles. The van der Waals surface area contributed by atoms with E-state index in [9.17, 15) is 8.42 Å². The van der Waals surface area contributed by atoms with Crippen molar-refractivity contribution >= 4 is 21.4 Å². The summed E-state index contributed by atoms with van der Waals surface area (Å²) in [6, 6.07) is 7.97. The first-order chi connectivity index (χ1) is 8.76. The van der Waals surface area contributed by atoms with Gasteiger partial charge in [-0.2, -0.15) is 0 Å². The molecule has 0 atom stereocenters. The largest absolute Gasteiger partial charge is 0.312 e. The number of nitrogens with one attached hydrogen (secondary N) is 1. The van der Waals surface area contributed by atoms with Crippen LogP contribution in [0.2, 0.25) is 0 Å². The molecule has 108 valence electrons. The van der Waals surface area contributed by atoms with Gasteiger partial charge in [0.2, 0.25) is 0 Å². The summed E-state index contributed by atoms with van der Waals surface area (Å²) in [6.45, 7) is 6.33. The highest BCUT2D eigenvalue weighted by Crippen LogP contribution is 2.15. The highest BCUT2D eigenvalue weighted by atomic mass is 35.5. The van der Waals surface area contributed by atoms with E-state index in [1.807, 2.05) is 24.3 Å². The first-order valence-corrected chi connectivity index (χ1v) is 8.52. The molecule has 0 aliphatic heterocycles. The second kappa shape index (κ2) is 6.73. The topological polar surface area (TPSA) is 46.2 Å². The van der Waals surface area contributed by atoms with Gasteiger partial charge in [-0.15, -0.1) is 11.6 Å². The van der Waals surface area contributed by atoms with Gasteiger partial charge in [-0.3, -0.25) is 0 Å². The van der Waals surface area contributed by atoms with Crippen molar-refractivity contribution in [2.75, 3.05) is 12.3 Å². The highest BCUT2D eigenvalue weighted by molar-refractivity contribution is 7.92. The molecule has 0 aliphatic rings. The monoisotopic (exact) mass is 303 g/mol. The molecule has 0 saturated carbocycles. The first-order valence-electron chi connectivity index (χ1n) is 6.33. The molecule has 0 spiro atoms. The number of sulfone groups is 1. The Labute approximate surface area is 121 Å². The third kappa shape index (κ3) is 5.13. The van der Waals surface area contributed by atoms with Gasteiger partial charge in [-0.1, -0.05) is 24.3 Å². The Morgan fingerprint density at radius 1 is 1.11 bits per heavy atom. The fourth-order valence-electron chi connectivity index (χ4n) is 1.49. The van der Waals surface area contributed by atoms with E-state index in [-0.39, 0.29) is 5.75 Å². The lowest BCUT2D eigenvalue weighted by atomic mass is 10.1. The van der Waals surface area contributed by atoms with Crippen molar-refractivity contribution in [1.82, 2.24) is 5.32 Å². The van der Waals surface area contributed by atoms with Crippen molar-refractivity contribution in [2.24, 2.45) is 0 Å². The molecule has 0 amide bonds. The second-order valence-corrected chi connectivity index (χ2v) is 8.69. The number of benzene rings is 1. The third-order valence-electron chi connectivity index (χ3n) is 2.99. The minimum Gasteiger partial charge on any atom is -0.312 e. The maximum atomic E-state index is 11.9. The molecule has 0 fully saturated rings. The van der Waals surface area contributed by atoms with E-state index in [1.165, 1.54) is 0 Å². The molecule has 19 heavy (non-hydrogen) atoms. The van der Waals surface area contributed by atoms with Gasteiger partial charge >= 0.3 is 0 Å². The summed E-state index contributed by atoms with van der Waals surface area (Å²) in [7, 11) is -3.04. The van der Waals surface area contributed by atoms with Crippen LogP contribution in [0, 0.1) is 0 Å². The zero-order chi connectivity index (χ0) is 14.5. The van der Waals surface area contributed by atoms with Gasteiger partial charge in [0.1, 0.15) is 0 Å². The fraction of sp³-hybridized carbons (Fsp3) is 0.571. The van der Waals surface area contributed by atoms with Gasteiger partial charge in [0.15, 0.2) is 9.84 Å². The molecule has 5 heteroatoms. The quantitative estimate of drug-likeness (QED) is 0.649. The molecular formula is C14H22ClNO2S. The lowest BCUT2D eigenvalue weighted by molar-refractivity contribution is 0.556. The molecule has 1 rings (SSSR count). The van der Waals surface area contributed by atoms with Crippen molar-refractivity contribution in [2.45, 2.75) is 37.9 Å². The molecule has 1 N–H and O–H groups in total. The standard InChI is InChI=1S/C14H22ClNO2S/c1-14(2,3)19(17,18)9-8-16-11-13-6-4-12(10-15)5-7-13/h4-7,16H,8-11H2,1-3H3. The van der Waals surface area contributed by atoms with Gasteiger partial charge in [0.05, 0.1) is 10.5 Å². The Morgan fingerprint density at radius 3 is 2.11 bits per heavy atom. The summed E-state index contributed by atoms with van der Waals surface area (Å²) in [5.41, 5.74) is 2.21. The number of rotatable bonds is 6. The van der Waals surface area contributed by atoms with Gasteiger partial charge in [-0.25, -0.2) is 8.42 Å². The molecule has 0 unspecified atom stereocenters. The van der Waals surface area contributed by atoms with Crippen LogP contribution in [0.1, 0.15) is 31.9 Å². The predicted molar refractivity (Wildman–Crippen MR) is 81.2 cm³/mol. The molecular weight excluding hydrogens is 282 g/mol. The van der Waals surface area contributed by atoms with E-state index < -0.39 is 14.6 Å². The van der Waals surface area contributed by atoms with Gasteiger partial charge in [0.25, 0.3) is 0 Å². The molecule has 0 aromatic heterocycles. The molecule has 1 aromatic carbocycles. The second-order valence-electron chi connectivity index (χ2n) is 5.56. The molecule has 0 heterocycles. The van der Waals surface area contributed by atoms with E-state index in [1.54, 1.807) is 20.8 Å². The zero-order valence-electron chi connectivity index (χ0n) is 11.7. The highest BCUT2D eigenvalue weighted by Gasteiger charge is 2.27. The number of hydrogen-bond acceptors (Lipinski definition) is 3. The van der Waals surface area contributed by atoms with E-state index in [0.29, 0.717) is 19.0 Å². The van der Waals surface area contributed by atoms with Gasteiger partial charge in [0, 0.05) is 19.0 Å². The average Bonchev–Trinajstić information content (AvgIpc) is 2.34. The van der Waals surface area contributed by atoms with Crippen molar-refractivity contribution < 1.29 is 8.42 Å². The summed E-state index contributed by atoms with van der Waals surface area (Å²) in [5, 5.41) is 3.16. The van der Waals surface area contributed by atoms with Crippen LogP contribution >= 0.6 is 11.6 Å². The molecule has 0 bridgehead atoms. The summed E-state index contributed by atoms with van der Waals surface area (Å²) in [6.07, 6.45) is 0. The lowest BCUT2D eigenvalue weighted by Crippen LogP contribution is -2.34. The first kappa shape index (κ1) is 16.5. The van der Waals surface area contributed by atoms with Crippen molar-refractivity contribution in [3.8, 4) is 0 Å². The van der Waals surface area contributed by atoms with Crippen LogP contribution in [0.3, 0.4) is 0 Å². The van der Waals surface area contributed by atoms with Crippen LogP contribution in [-0.2, 0) is 22.3 Å². The maximum Gasteiger partial charge on any atom is 0.156 e. The molecule has 1 aromatic rings. The molecule has 0 radical (unpaired) electrons. The smallest absolute Gasteiger partial charge is 0.156 e. The number of hydrogen-bond donors (Lipinski definition) is 1. The zero-order valence-corrected chi connectivity index (χ0v) is 13.3. The van der Waals surface area contributed by atoms with E-state index in [4.69, 9.17) is 11.6 Å². The minimum atomic E-state index is -3.04. The van der Waals surface area contributed by atoms with Crippen LogP contribution < -0.4 is 5.32 Å². The van der Waals surface area contributed by atoms with E-state index in [0.717, 1.165) is 11.1 Å².